The number of hydrogen-bond donors (Lipinski definition) is 4. The molecule has 174 valence electrons. The first-order chi connectivity index (χ1) is 14.5. The lowest BCUT2D eigenvalue weighted by Gasteiger charge is -2.14. The lowest BCUT2D eigenvalue weighted by Crippen LogP contribution is -2.48. The Bertz CT molecular complexity index is 494. The minimum atomic E-state index is -1.18. The lowest BCUT2D eigenvalue weighted by atomic mass is 10.1. The maximum Gasteiger partial charge on any atom is 0.322 e. The van der Waals surface area contributed by atoms with Crippen molar-refractivity contribution in [3.05, 3.63) is 12.2 Å². The van der Waals surface area contributed by atoms with E-state index in [0.29, 0.717) is 6.42 Å². The summed E-state index contributed by atoms with van der Waals surface area (Å²) in [6.07, 6.45) is 20.0. The number of unbranched alkanes of at least 4 members (excludes halogenated alkanes) is 11. The number of aliphatic carboxylic acids is 2. The van der Waals surface area contributed by atoms with Crippen LogP contribution in [0.15, 0.2) is 12.2 Å². The minimum Gasteiger partial charge on any atom is -0.481 e. The molecule has 7 nitrogen and oxygen atoms in total. The molecule has 0 aliphatic heterocycles. The molecule has 0 aromatic carbocycles. The molecule has 0 rings (SSSR count). The van der Waals surface area contributed by atoms with Gasteiger partial charge in [0.2, 0.25) is 5.91 Å². The standard InChI is InChI=1S/C23H42N2O5/c1-2-3-4-5-6-7-8-9-10-11-12-13-14-15-16-17-21(26)25-24-20(23(29)30)18-19-22(27)28/h9-10,20,24H,2-8,11-19H2,1H3,(H,25,26)(H,27,28)(H,29,30)/b10-9-. The Kier molecular flexibility index (Phi) is 19.1. The van der Waals surface area contributed by atoms with Crippen molar-refractivity contribution in [1.29, 1.82) is 0 Å². The summed E-state index contributed by atoms with van der Waals surface area (Å²) >= 11 is 0. The fourth-order valence-electron chi connectivity index (χ4n) is 3.11. The van der Waals surface area contributed by atoms with Crippen LogP contribution in [0.4, 0.5) is 0 Å². The zero-order valence-electron chi connectivity index (χ0n) is 18.7. The van der Waals surface area contributed by atoms with E-state index >= 15 is 0 Å². The molecule has 0 heterocycles. The molecular weight excluding hydrogens is 384 g/mol. The van der Waals surface area contributed by atoms with E-state index in [9.17, 15) is 14.4 Å². The monoisotopic (exact) mass is 426 g/mol. The largest absolute Gasteiger partial charge is 0.481 e. The van der Waals surface area contributed by atoms with E-state index in [0.717, 1.165) is 32.1 Å². The van der Waals surface area contributed by atoms with E-state index in [1.807, 2.05) is 0 Å². The highest BCUT2D eigenvalue weighted by atomic mass is 16.4. The first kappa shape index (κ1) is 28.1. The van der Waals surface area contributed by atoms with Crippen molar-refractivity contribution >= 4 is 17.8 Å². The Morgan fingerprint density at radius 1 is 0.767 bits per heavy atom. The van der Waals surface area contributed by atoms with E-state index in [1.54, 1.807) is 0 Å². The molecule has 0 saturated heterocycles. The Hall–Kier alpha value is -1.89. The number of carboxylic acids is 2. The molecule has 0 spiro atoms. The second-order valence-corrected chi connectivity index (χ2v) is 7.85. The molecule has 0 aromatic heterocycles. The molecule has 0 aromatic rings. The molecule has 0 aliphatic carbocycles. The maximum absolute atomic E-state index is 11.8. The number of rotatable bonds is 21. The molecular formula is C23H42N2O5. The van der Waals surface area contributed by atoms with Gasteiger partial charge < -0.3 is 10.2 Å². The third-order valence-electron chi connectivity index (χ3n) is 5.00. The SMILES string of the molecule is CCCCCCCC/C=C\CCCCCCCC(=O)NNC(CCC(=O)O)C(=O)O. The van der Waals surface area contributed by atoms with Crippen LogP contribution in [-0.2, 0) is 14.4 Å². The zero-order valence-corrected chi connectivity index (χ0v) is 18.7. The summed E-state index contributed by atoms with van der Waals surface area (Å²) in [4.78, 5) is 33.3. The van der Waals surface area contributed by atoms with Crippen molar-refractivity contribution in [3.8, 4) is 0 Å². The van der Waals surface area contributed by atoms with Gasteiger partial charge >= 0.3 is 11.9 Å². The van der Waals surface area contributed by atoms with E-state index < -0.39 is 18.0 Å². The molecule has 0 radical (unpaired) electrons. The van der Waals surface area contributed by atoms with Crippen LogP contribution in [-0.4, -0.2) is 34.1 Å². The van der Waals surface area contributed by atoms with Gasteiger partial charge in [-0.1, -0.05) is 70.4 Å². The number of allylic oxidation sites excluding steroid dienone is 2. The van der Waals surface area contributed by atoms with Crippen LogP contribution in [0.2, 0.25) is 0 Å². The maximum atomic E-state index is 11.8. The van der Waals surface area contributed by atoms with Gasteiger partial charge in [0.1, 0.15) is 6.04 Å². The van der Waals surface area contributed by atoms with Crippen LogP contribution >= 0.6 is 0 Å². The molecule has 0 aliphatic rings. The van der Waals surface area contributed by atoms with Crippen molar-refractivity contribution < 1.29 is 24.6 Å². The quantitative estimate of drug-likeness (QED) is 0.117. The molecule has 0 saturated carbocycles. The van der Waals surface area contributed by atoms with Crippen LogP contribution < -0.4 is 10.9 Å². The number of hydrogen-bond acceptors (Lipinski definition) is 4. The molecule has 1 unspecified atom stereocenters. The Balaban J connectivity index is 3.52. The second kappa shape index (κ2) is 20.4. The Labute approximate surface area is 181 Å². The average molecular weight is 427 g/mol. The molecule has 30 heavy (non-hydrogen) atoms. The van der Waals surface area contributed by atoms with Crippen molar-refractivity contribution in [2.24, 2.45) is 0 Å². The van der Waals surface area contributed by atoms with Crippen molar-refractivity contribution in [3.63, 3.8) is 0 Å². The average Bonchev–Trinajstić information content (AvgIpc) is 2.70. The van der Waals surface area contributed by atoms with Gasteiger partial charge in [0.05, 0.1) is 0 Å². The molecule has 7 heteroatoms. The van der Waals surface area contributed by atoms with E-state index in [1.165, 1.54) is 51.4 Å². The summed E-state index contributed by atoms with van der Waals surface area (Å²) in [5.74, 6) is -2.52. The third-order valence-corrected chi connectivity index (χ3v) is 5.00. The second-order valence-electron chi connectivity index (χ2n) is 7.85. The molecule has 0 fully saturated rings. The molecule has 1 amide bonds. The van der Waals surface area contributed by atoms with Gasteiger partial charge in [0, 0.05) is 12.8 Å². The lowest BCUT2D eigenvalue weighted by molar-refractivity contribution is -0.141. The predicted octanol–water partition coefficient (Wildman–Crippen LogP) is 4.96. The Morgan fingerprint density at radius 2 is 1.30 bits per heavy atom. The number of nitrogens with one attached hydrogen (secondary N) is 2. The highest BCUT2D eigenvalue weighted by Crippen LogP contribution is 2.10. The molecule has 4 N–H and O–H groups in total. The fourth-order valence-corrected chi connectivity index (χ4v) is 3.11. The van der Waals surface area contributed by atoms with Gasteiger partial charge in [0.25, 0.3) is 0 Å². The number of carbonyl (C=O) groups excluding carboxylic acids is 1. The topological polar surface area (TPSA) is 116 Å². The smallest absolute Gasteiger partial charge is 0.322 e. The van der Waals surface area contributed by atoms with Crippen molar-refractivity contribution in [2.75, 3.05) is 0 Å². The van der Waals surface area contributed by atoms with Gasteiger partial charge in [-0.05, 0) is 38.5 Å². The summed E-state index contributed by atoms with van der Waals surface area (Å²) in [7, 11) is 0. The number of amides is 1. The van der Waals surface area contributed by atoms with Crippen LogP contribution in [0.25, 0.3) is 0 Å². The highest BCUT2D eigenvalue weighted by Gasteiger charge is 2.18. The molecule has 1 atom stereocenters. The normalized spacial score (nSPS) is 12.2. The first-order valence-electron chi connectivity index (χ1n) is 11.6. The van der Waals surface area contributed by atoms with Gasteiger partial charge in [0.15, 0.2) is 0 Å². The van der Waals surface area contributed by atoms with E-state index in [-0.39, 0.29) is 18.7 Å². The minimum absolute atomic E-state index is 0.0850. The van der Waals surface area contributed by atoms with E-state index in [2.05, 4.69) is 29.9 Å². The summed E-state index contributed by atoms with van der Waals surface area (Å²) in [5, 5.41) is 17.6. The molecule has 0 bridgehead atoms. The predicted molar refractivity (Wildman–Crippen MR) is 119 cm³/mol. The summed E-state index contributed by atoms with van der Waals surface area (Å²) < 4.78 is 0. The first-order valence-corrected chi connectivity index (χ1v) is 11.6. The van der Waals surface area contributed by atoms with Gasteiger partial charge in [-0.25, -0.2) is 5.43 Å². The summed E-state index contributed by atoms with van der Waals surface area (Å²) in [6, 6.07) is -1.10. The highest BCUT2D eigenvalue weighted by molar-refractivity contribution is 5.78. The number of carbonyl (C=O) groups is 3. The fraction of sp³-hybridized carbons (Fsp3) is 0.783. The van der Waals surface area contributed by atoms with Crippen LogP contribution in [0.5, 0.6) is 0 Å². The van der Waals surface area contributed by atoms with Gasteiger partial charge in [-0.15, -0.1) is 0 Å². The van der Waals surface area contributed by atoms with E-state index in [4.69, 9.17) is 10.2 Å². The van der Waals surface area contributed by atoms with Crippen molar-refractivity contribution in [2.45, 2.75) is 116 Å². The van der Waals surface area contributed by atoms with Gasteiger partial charge in [-0.2, -0.15) is 0 Å². The van der Waals surface area contributed by atoms with Crippen LogP contribution in [0.1, 0.15) is 110 Å². The zero-order chi connectivity index (χ0) is 22.5. The van der Waals surface area contributed by atoms with Crippen LogP contribution in [0.3, 0.4) is 0 Å². The number of hydrazine groups is 1. The van der Waals surface area contributed by atoms with Crippen molar-refractivity contribution in [1.82, 2.24) is 10.9 Å². The third kappa shape index (κ3) is 19.4. The number of carboxylic acid groups (broad SMARTS) is 2. The van der Waals surface area contributed by atoms with Gasteiger partial charge in [-0.3, -0.25) is 19.8 Å². The summed E-state index contributed by atoms with van der Waals surface area (Å²) in [6.45, 7) is 2.24. The van der Waals surface area contributed by atoms with Crippen LogP contribution in [0, 0.1) is 0 Å². The summed E-state index contributed by atoms with van der Waals surface area (Å²) in [5.41, 5.74) is 4.77. The Morgan fingerprint density at radius 3 is 1.83 bits per heavy atom.